The van der Waals surface area contributed by atoms with Crippen molar-refractivity contribution in [3.05, 3.63) is 63.8 Å². The van der Waals surface area contributed by atoms with E-state index in [4.69, 9.17) is 9.47 Å². The molecule has 29 heavy (non-hydrogen) atoms. The molecule has 0 spiro atoms. The molecule has 2 heterocycles. The number of non-ortho nitro benzene ring substituents is 1. The molecule has 2 aliphatic rings. The Morgan fingerprint density at radius 1 is 1.03 bits per heavy atom. The number of nitrogens with one attached hydrogen (secondary N) is 1. The molecule has 148 valence electrons. The van der Waals surface area contributed by atoms with E-state index in [1.807, 2.05) is 0 Å². The van der Waals surface area contributed by atoms with Crippen molar-refractivity contribution in [1.82, 2.24) is 4.90 Å². The highest BCUT2D eigenvalue weighted by Crippen LogP contribution is 2.37. The molecular formula is C20H17N3O6. The van der Waals surface area contributed by atoms with Crippen molar-refractivity contribution in [3.63, 3.8) is 0 Å². The summed E-state index contributed by atoms with van der Waals surface area (Å²) < 4.78 is 10.6. The first-order valence-electron chi connectivity index (χ1n) is 8.90. The Labute approximate surface area is 165 Å². The van der Waals surface area contributed by atoms with E-state index in [0.717, 1.165) is 4.90 Å². The number of imide groups is 1. The molecule has 9 nitrogen and oxygen atoms in total. The number of rotatable bonds is 5. The zero-order valence-electron chi connectivity index (χ0n) is 15.7. The summed E-state index contributed by atoms with van der Waals surface area (Å²) in [6.07, 6.45) is 0. The zero-order valence-corrected chi connectivity index (χ0v) is 15.7. The Bertz CT molecular complexity index is 1060. The number of fused-ring (bicyclic) bond motifs is 1. The minimum atomic E-state index is -0.522. The number of benzene rings is 2. The molecule has 4 rings (SSSR count). The lowest BCUT2D eigenvalue weighted by atomic mass is 10.0. The van der Waals surface area contributed by atoms with Crippen LogP contribution in [0.3, 0.4) is 0 Å². The Balaban J connectivity index is 1.77. The van der Waals surface area contributed by atoms with Crippen molar-refractivity contribution in [3.8, 4) is 11.5 Å². The van der Waals surface area contributed by atoms with Crippen LogP contribution >= 0.6 is 0 Å². The number of carbonyl (C=O) groups excluding carboxylic acids is 2. The largest absolute Gasteiger partial charge is 0.454 e. The molecular weight excluding hydrogens is 378 g/mol. The third-order valence-electron chi connectivity index (χ3n) is 4.64. The molecule has 0 unspecified atom stereocenters. The van der Waals surface area contributed by atoms with E-state index in [9.17, 15) is 19.7 Å². The SMILES string of the molecule is CC(C)N1C(=O)C(Nc2ccc3c(c2)OCO3)=C(c2ccc([N+](=O)[O-])cc2)C1=O. The minimum Gasteiger partial charge on any atom is -0.454 e. The molecule has 2 aromatic rings. The zero-order chi connectivity index (χ0) is 20.7. The average molecular weight is 395 g/mol. The highest BCUT2D eigenvalue weighted by molar-refractivity contribution is 6.36. The van der Waals surface area contributed by atoms with Crippen molar-refractivity contribution in [1.29, 1.82) is 0 Å². The quantitative estimate of drug-likeness (QED) is 0.471. The number of nitrogens with zero attached hydrogens (tertiary/aromatic N) is 2. The third kappa shape index (κ3) is 3.16. The highest BCUT2D eigenvalue weighted by atomic mass is 16.7. The normalized spacial score (nSPS) is 15.5. The van der Waals surface area contributed by atoms with Gasteiger partial charge in [-0.25, -0.2) is 0 Å². The summed E-state index contributed by atoms with van der Waals surface area (Å²) in [6, 6.07) is 10.3. The van der Waals surface area contributed by atoms with Gasteiger partial charge in [0.25, 0.3) is 17.5 Å². The maximum Gasteiger partial charge on any atom is 0.278 e. The number of nitro benzene ring substituents is 1. The molecule has 9 heteroatoms. The van der Waals surface area contributed by atoms with E-state index in [1.165, 1.54) is 24.3 Å². The van der Waals surface area contributed by atoms with Crippen LogP contribution < -0.4 is 14.8 Å². The van der Waals surface area contributed by atoms with Crippen LogP contribution in [0.15, 0.2) is 48.2 Å². The molecule has 0 saturated heterocycles. The molecule has 0 fully saturated rings. The van der Waals surface area contributed by atoms with Crippen molar-refractivity contribution in [2.24, 2.45) is 0 Å². The van der Waals surface area contributed by atoms with Gasteiger partial charge in [0.1, 0.15) is 5.70 Å². The standard InChI is InChI=1S/C20H17N3O6/c1-11(2)22-19(24)17(12-3-6-14(7-4-12)23(26)27)18(20(22)25)21-13-5-8-15-16(9-13)29-10-28-15/h3-9,11,21H,10H2,1-2H3. The van der Waals surface area contributed by atoms with E-state index in [-0.39, 0.29) is 29.8 Å². The average Bonchev–Trinajstić information content (AvgIpc) is 3.24. The Morgan fingerprint density at radius 3 is 2.38 bits per heavy atom. The van der Waals surface area contributed by atoms with Crippen LogP contribution in [0.2, 0.25) is 0 Å². The molecule has 0 aliphatic carbocycles. The van der Waals surface area contributed by atoms with E-state index in [2.05, 4.69) is 5.32 Å². The van der Waals surface area contributed by atoms with E-state index in [0.29, 0.717) is 22.7 Å². The van der Waals surface area contributed by atoms with Crippen LogP contribution in [0, 0.1) is 10.1 Å². The van der Waals surface area contributed by atoms with Gasteiger partial charge in [-0.15, -0.1) is 0 Å². The first kappa shape index (κ1) is 18.5. The number of nitro groups is 1. The van der Waals surface area contributed by atoms with Crippen molar-refractivity contribution in [2.75, 3.05) is 12.1 Å². The van der Waals surface area contributed by atoms with Crippen LogP contribution in [0.4, 0.5) is 11.4 Å². The lowest BCUT2D eigenvalue weighted by Crippen LogP contribution is -2.38. The van der Waals surface area contributed by atoms with Gasteiger partial charge in [0, 0.05) is 29.9 Å². The van der Waals surface area contributed by atoms with Gasteiger partial charge >= 0.3 is 0 Å². The second-order valence-corrected chi connectivity index (χ2v) is 6.82. The van der Waals surface area contributed by atoms with Crippen LogP contribution in [-0.4, -0.2) is 34.5 Å². The van der Waals surface area contributed by atoms with Crippen molar-refractivity contribution >= 4 is 28.8 Å². The lowest BCUT2D eigenvalue weighted by Gasteiger charge is -2.19. The van der Waals surface area contributed by atoms with Gasteiger partial charge < -0.3 is 14.8 Å². The van der Waals surface area contributed by atoms with Gasteiger partial charge in [-0.3, -0.25) is 24.6 Å². The number of hydrogen-bond donors (Lipinski definition) is 1. The van der Waals surface area contributed by atoms with Gasteiger partial charge in [0.2, 0.25) is 6.79 Å². The predicted octanol–water partition coefficient (Wildman–Crippen LogP) is 2.92. The smallest absolute Gasteiger partial charge is 0.278 e. The third-order valence-corrected chi connectivity index (χ3v) is 4.64. The maximum atomic E-state index is 13.0. The number of ether oxygens (including phenoxy) is 2. The fourth-order valence-corrected chi connectivity index (χ4v) is 3.27. The second kappa shape index (κ2) is 6.93. The first-order chi connectivity index (χ1) is 13.9. The van der Waals surface area contributed by atoms with E-state index < -0.39 is 16.7 Å². The predicted molar refractivity (Wildman–Crippen MR) is 103 cm³/mol. The molecule has 2 aliphatic heterocycles. The number of anilines is 1. The topological polar surface area (TPSA) is 111 Å². The molecule has 0 saturated carbocycles. The fraction of sp³-hybridized carbons (Fsp3) is 0.200. The molecule has 0 atom stereocenters. The Morgan fingerprint density at radius 2 is 1.72 bits per heavy atom. The summed E-state index contributed by atoms with van der Waals surface area (Å²) in [7, 11) is 0. The van der Waals surface area contributed by atoms with E-state index in [1.54, 1.807) is 32.0 Å². The lowest BCUT2D eigenvalue weighted by molar-refractivity contribution is -0.384. The first-order valence-corrected chi connectivity index (χ1v) is 8.90. The summed E-state index contributed by atoms with van der Waals surface area (Å²) in [6.45, 7) is 3.60. The molecule has 1 N–H and O–H groups in total. The molecule has 2 aromatic carbocycles. The van der Waals surface area contributed by atoms with E-state index >= 15 is 0 Å². The maximum absolute atomic E-state index is 13.0. The van der Waals surface area contributed by atoms with Crippen LogP contribution in [0.5, 0.6) is 11.5 Å². The summed E-state index contributed by atoms with van der Waals surface area (Å²) in [5.41, 5.74) is 1.14. The fourth-order valence-electron chi connectivity index (χ4n) is 3.27. The van der Waals surface area contributed by atoms with Gasteiger partial charge in [-0.1, -0.05) is 0 Å². The Kier molecular flexibility index (Phi) is 4.42. The van der Waals surface area contributed by atoms with Crippen LogP contribution in [0.25, 0.3) is 5.57 Å². The monoisotopic (exact) mass is 395 g/mol. The summed E-state index contributed by atoms with van der Waals surface area (Å²) >= 11 is 0. The van der Waals surface area contributed by atoms with Gasteiger partial charge in [0.05, 0.1) is 10.5 Å². The number of amides is 2. The summed E-state index contributed by atoms with van der Waals surface area (Å²) in [5, 5.41) is 13.9. The number of hydrogen-bond acceptors (Lipinski definition) is 7. The Hall–Kier alpha value is -3.88. The number of carbonyl (C=O) groups is 2. The molecule has 2 amide bonds. The molecule has 0 radical (unpaired) electrons. The summed E-state index contributed by atoms with van der Waals surface area (Å²) in [4.78, 5) is 37.5. The van der Waals surface area contributed by atoms with Gasteiger partial charge in [-0.05, 0) is 43.7 Å². The minimum absolute atomic E-state index is 0.0999. The summed E-state index contributed by atoms with van der Waals surface area (Å²) in [5.74, 6) is 0.209. The van der Waals surface area contributed by atoms with Gasteiger partial charge in [-0.2, -0.15) is 0 Å². The van der Waals surface area contributed by atoms with Crippen molar-refractivity contribution < 1.29 is 24.0 Å². The van der Waals surface area contributed by atoms with Gasteiger partial charge in [0.15, 0.2) is 11.5 Å². The van der Waals surface area contributed by atoms with Crippen molar-refractivity contribution in [2.45, 2.75) is 19.9 Å². The highest BCUT2D eigenvalue weighted by Gasteiger charge is 2.40. The van der Waals surface area contributed by atoms with Crippen LogP contribution in [0.1, 0.15) is 19.4 Å². The van der Waals surface area contributed by atoms with Crippen LogP contribution in [-0.2, 0) is 9.59 Å². The molecule has 0 aromatic heterocycles. The molecule has 0 bridgehead atoms. The second-order valence-electron chi connectivity index (χ2n) is 6.82.